The van der Waals surface area contributed by atoms with Gasteiger partial charge in [0.25, 0.3) is 0 Å². The Kier molecular flexibility index (Phi) is 6.34. The molecule has 3 nitrogen and oxygen atoms in total. The van der Waals surface area contributed by atoms with E-state index in [2.05, 4.69) is 5.32 Å². The Balaban J connectivity index is 3.13. The van der Waals surface area contributed by atoms with Crippen LogP contribution in [0.3, 0.4) is 0 Å². The lowest BCUT2D eigenvalue weighted by atomic mass is 10.0. The highest BCUT2D eigenvalue weighted by Crippen LogP contribution is 2.25. The fourth-order valence-corrected chi connectivity index (χ4v) is 1.92. The number of halogens is 2. The maximum Gasteiger partial charge on any atom is 0.176 e. The van der Waals surface area contributed by atoms with Gasteiger partial charge in [0.1, 0.15) is 0 Å². The van der Waals surface area contributed by atoms with Crippen LogP contribution in [0.2, 0.25) is 0 Å². The molecular weight excluding hydrogens is 252 g/mol. The van der Waals surface area contributed by atoms with Gasteiger partial charge in [-0.2, -0.15) is 0 Å². The van der Waals surface area contributed by atoms with E-state index >= 15 is 0 Å². The molecule has 0 bridgehead atoms. The first-order valence-electron chi connectivity index (χ1n) is 6.30. The van der Waals surface area contributed by atoms with Gasteiger partial charge in [0.2, 0.25) is 0 Å². The molecule has 5 heteroatoms. The Hall–Kier alpha value is -1.04. The lowest BCUT2D eigenvalue weighted by Crippen LogP contribution is -2.35. The van der Waals surface area contributed by atoms with Gasteiger partial charge in [-0.15, -0.1) is 0 Å². The summed E-state index contributed by atoms with van der Waals surface area (Å²) >= 11 is 0. The molecule has 0 aliphatic rings. The van der Waals surface area contributed by atoms with E-state index in [9.17, 15) is 8.78 Å². The molecule has 0 aliphatic carbocycles. The summed E-state index contributed by atoms with van der Waals surface area (Å²) in [6.07, 6.45) is 0.190. The lowest BCUT2D eigenvalue weighted by Gasteiger charge is -2.26. The van der Waals surface area contributed by atoms with Crippen molar-refractivity contribution < 1.29 is 18.3 Å². The SMILES string of the molecule is CCCNC(c1ccc(C)c(F)c1F)C(OC)OC. The van der Waals surface area contributed by atoms with Gasteiger partial charge < -0.3 is 14.8 Å². The van der Waals surface area contributed by atoms with E-state index in [-0.39, 0.29) is 11.1 Å². The van der Waals surface area contributed by atoms with Crippen LogP contribution in [0.1, 0.15) is 30.5 Å². The summed E-state index contributed by atoms with van der Waals surface area (Å²) in [7, 11) is 2.94. The zero-order valence-corrected chi connectivity index (χ0v) is 11.8. The molecular formula is C14H21F2NO2. The van der Waals surface area contributed by atoms with Gasteiger partial charge in [-0.3, -0.25) is 0 Å². The van der Waals surface area contributed by atoms with Crippen molar-refractivity contribution in [3.63, 3.8) is 0 Å². The summed E-state index contributed by atoms with van der Waals surface area (Å²) in [6.45, 7) is 4.17. The van der Waals surface area contributed by atoms with Crippen molar-refractivity contribution in [1.82, 2.24) is 5.32 Å². The van der Waals surface area contributed by atoms with Crippen molar-refractivity contribution >= 4 is 0 Å². The van der Waals surface area contributed by atoms with E-state index in [4.69, 9.17) is 9.47 Å². The molecule has 0 saturated heterocycles. The van der Waals surface area contributed by atoms with Crippen molar-refractivity contribution in [2.45, 2.75) is 32.6 Å². The molecule has 19 heavy (non-hydrogen) atoms. The van der Waals surface area contributed by atoms with Crippen molar-refractivity contribution in [3.8, 4) is 0 Å². The number of rotatable bonds is 7. The molecule has 1 rings (SSSR count). The fourth-order valence-electron chi connectivity index (χ4n) is 1.92. The van der Waals surface area contributed by atoms with Crippen LogP contribution in [-0.4, -0.2) is 27.1 Å². The number of aryl methyl sites for hydroxylation is 1. The second kappa shape index (κ2) is 7.53. The Labute approximate surface area is 112 Å². The largest absolute Gasteiger partial charge is 0.354 e. The normalized spacial score (nSPS) is 13.0. The van der Waals surface area contributed by atoms with E-state index in [0.717, 1.165) is 6.42 Å². The number of hydrogen-bond donors (Lipinski definition) is 1. The maximum absolute atomic E-state index is 14.0. The molecule has 0 aromatic heterocycles. The van der Waals surface area contributed by atoms with Crippen LogP contribution in [0.15, 0.2) is 12.1 Å². The smallest absolute Gasteiger partial charge is 0.176 e. The highest BCUT2D eigenvalue weighted by atomic mass is 19.2. The molecule has 1 aromatic rings. The molecule has 0 aliphatic heterocycles. The van der Waals surface area contributed by atoms with Crippen LogP contribution in [-0.2, 0) is 9.47 Å². The minimum absolute atomic E-state index is 0.213. The Bertz CT molecular complexity index is 409. The minimum Gasteiger partial charge on any atom is -0.354 e. The van der Waals surface area contributed by atoms with Crippen molar-refractivity contribution in [3.05, 3.63) is 34.9 Å². The van der Waals surface area contributed by atoms with Crippen LogP contribution in [0.5, 0.6) is 0 Å². The van der Waals surface area contributed by atoms with E-state index in [1.807, 2.05) is 6.92 Å². The van der Waals surface area contributed by atoms with Crippen molar-refractivity contribution in [2.75, 3.05) is 20.8 Å². The second-order valence-corrected chi connectivity index (χ2v) is 4.37. The molecule has 1 atom stereocenters. The first-order valence-corrected chi connectivity index (χ1v) is 6.30. The first kappa shape index (κ1) is 16.0. The summed E-state index contributed by atoms with van der Waals surface area (Å²) in [5.74, 6) is -1.68. The van der Waals surface area contributed by atoms with Gasteiger partial charge in [0, 0.05) is 19.8 Å². The van der Waals surface area contributed by atoms with E-state index in [1.165, 1.54) is 21.1 Å². The predicted octanol–water partition coefficient (Wildman–Crippen LogP) is 2.93. The van der Waals surface area contributed by atoms with Gasteiger partial charge in [0.15, 0.2) is 17.9 Å². The van der Waals surface area contributed by atoms with Crippen LogP contribution in [0.4, 0.5) is 8.78 Å². The summed E-state index contributed by atoms with van der Waals surface area (Å²) in [4.78, 5) is 0. The Morgan fingerprint density at radius 1 is 1.16 bits per heavy atom. The molecule has 0 amide bonds. The van der Waals surface area contributed by atoms with Crippen LogP contribution in [0.25, 0.3) is 0 Å². The minimum atomic E-state index is -0.854. The molecule has 0 heterocycles. The third kappa shape index (κ3) is 3.72. The highest BCUT2D eigenvalue weighted by molar-refractivity contribution is 5.28. The molecule has 0 saturated carbocycles. The fraction of sp³-hybridized carbons (Fsp3) is 0.571. The standard InChI is InChI=1S/C14H21F2NO2/c1-5-8-17-13(14(18-3)19-4)10-7-6-9(2)11(15)12(10)16/h6-7,13-14,17H,5,8H2,1-4H3. The summed E-state index contributed by atoms with van der Waals surface area (Å²) in [6, 6.07) is 2.56. The summed E-state index contributed by atoms with van der Waals surface area (Å²) < 4.78 is 38.0. The molecule has 0 radical (unpaired) electrons. The Morgan fingerprint density at radius 3 is 2.32 bits per heavy atom. The summed E-state index contributed by atoms with van der Waals surface area (Å²) in [5.41, 5.74) is 0.493. The van der Waals surface area contributed by atoms with Crippen LogP contribution in [0, 0.1) is 18.6 Å². The van der Waals surface area contributed by atoms with Gasteiger partial charge in [-0.1, -0.05) is 19.1 Å². The molecule has 1 aromatic carbocycles. The predicted molar refractivity (Wildman–Crippen MR) is 69.9 cm³/mol. The van der Waals surface area contributed by atoms with E-state index in [1.54, 1.807) is 12.1 Å². The molecule has 1 N–H and O–H groups in total. The van der Waals surface area contributed by atoms with Gasteiger partial charge in [-0.05, 0) is 25.5 Å². The third-order valence-electron chi connectivity index (χ3n) is 2.99. The zero-order valence-electron chi connectivity index (χ0n) is 11.8. The average molecular weight is 273 g/mol. The quantitative estimate of drug-likeness (QED) is 0.775. The van der Waals surface area contributed by atoms with Crippen LogP contribution < -0.4 is 5.32 Å². The molecule has 1 unspecified atom stereocenters. The number of nitrogens with one attached hydrogen (secondary N) is 1. The lowest BCUT2D eigenvalue weighted by molar-refractivity contribution is -0.124. The maximum atomic E-state index is 14.0. The molecule has 0 spiro atoms. The number of ether oxygens (including phenoxy) is 2. The number of benzene rings is 1. The van der Waals surface area contributed by atoms with Crippen LogP contribution >= 0.6 is 0 Å². The topological polar surface area (TPSA) is 30.5 Å². The first-order chi connectivity index (χ1) is 9.06. The molecule has 0 fully saturated rings. The van der Waals surface area contributed by atoms with E-state index < -0.39 is 24.0 Å². The van der Waals surface area contributed by atoms with Gasteiger partial charge in [-0.25, -0.2) is 8.78 Å². The van der Waals surface area contributed by atoms with Crippen molar-refractivity contribution in [1.29, 1.82) is 0 Å². The van der Waals surface area contributed by atoms with Gasteiger partial charge >= 0.3 is 0 Å². The highest BCUT2D eigenvalue weighted by Gasteiger charge is 2.26. The number of hydrogen-bond acceptors (Lipinski definition) is 3. The average Bonchev–Trinajstić information content (AvgIpc) is 2.42. The monoisotopic (exact) mass is 273 g/mol. The van der Waals surface area contributed by atoms with Gasteiger partial charge in [0.05, 0.1) is 6.04 Å². The third-order valence-corrected chi connectivity index (χ3v) is 2.99. The van der Waals surface area contributed by atoms with Crippen molar-refractivity contribution in [2.24, 2.45) is 0 Å². The Morgan fingerprint density at radius 2 is 1.79 bits per heavy atom. The molecule has 108 valence electrons. The summed E-state index contributed by atoms with van der Waals surface area (Å²) in [5, 5.41) is 3.12. The number of methoxy groups -OCH3 is 2. The van der Waals surface area contributed by atoms with E-state index in [0.29, 0.717) is 6.54 Å². The second-order valence-electron chi connectivity index (χ2n) is 4.37. The zero-order chi connectivity index (χ0) is 14.4.